The lowest BCUT2D eigenvalue weighted by Crippen LogP contribution is -1.96. The number of aryl methyl sites for hydroxylation is 2. The fraction of sp³-hybridized carbons (Fsp3) is 0.286. The van der Waals surface area contributed by atoms with E-state index in [1.807, 2.05) is 0 Å². The average molecular weight is 369 g/mol. The van der Waals surface area contributed by atoms with Crippen molar-refractivity contribution >= 4 is 5.57 Å². The Hall–Kier alpha value is -2.60. The van der Waals surface area contributed by atoms with Crippen LogP contribution in [0.25, 0.3) is 16.7 Å². The average Bonchev–Trinajstić information content (AvgIpc) is 2.70. The highest BCUT2D eigenvalue weighted by molar-refractivity contribution is 5.68. The summed E-state index contributed by atoms with van der Waals surface area (Å²) in [5, 5.41) is 0. The van der Waals surface area contributed by atoms with Crippen molar-refractivity contribution < 1.29 is 0 Å². The Bertz CT molecular complexity index is 899. The van der Waals surface area contributed by atoms with Gasteiger partial charge < -0.3 is 0 Å². The summed E-state index contributed by atoms with van der Waals surface area (Å²) in [6, 6.07) is 26.2. The van der Waals surface area contributed by atoms with Crippen LogP contribution in [0.4, 0.5) is 0 Å². The summed E-state index contributed by atoms with van der Waals surface area (Å²) >= 11 is 0. The zero-order valence-corrected chi connectivity index (χ0v) is 17.5. The molecule has 0 heterocycles. The molecular weight excluding hydrogens is 336 g/mol. The molecule has 0 nitrogen and oxygen atoms in total. The van der Waals surface area contributed by atoms with Crippen LogP contribution in [-0.2, 0) is 12.8 Å². The highest BCUT2D eigenvalue weighted by Crippen LogP contribution is 2.24. The number of benzene rings is 3. The third kappa shape index (κ3) is 5.45. The Labute approximate surface area is 171 Å². The molecule has 0 N–H and O–H groups in total. The lowest BCUT2D eigenvalue weighted by molar-refractivity contribution is 0.555. The van der Waals surface area contributed by atoms with Gasteiger partial charge in [-0.05, 0) is 71.1 Å². The van der Waals surface area contributed by atoms with Crippen molar-refractivity contribution in [3.8, 4) is 11.1 Å². The van der Waals surface area contributed by atoms with Gasteiger partial charge in [-0.1, -0.05) is 99.6 Å². The van der Waals surface area contributed by atoms with Crippen LogP contribution in [0.1, 0.15) is 48.9 Å². The van der Waals surface area contributed by atoms with Gasteiger partial charge in [0.25, 0.3) is 0 Å². The van der Waals surface area contributed by atoms with Crippen LogP contribution in [0.5, 0.6) is 0 Å². The summed E-state index contributed by atoms with van der Waals surface area (Å²) < 4.78 is 0. The van der Waals surface area contributed by atoms with Gasteiger partial charge in [-0.3, -0.25) is 0 Å². The van der Waals surface area contributed by atoms with E-state index < -0.39 is 0 Å². The van der Waals surface area contributed by atoms with Gasteiger partial charge in [-0.15, -0.1) is 0 Å². The first-order valence-electron chi connectivity index (χ1n) is 10.4. The zero-order valence-electron chi connectivity index (χ0n) is 17.5. The normalized spacial score (nSPS) is 11.0. The first-order valence-corrected chi connectivity index (χ1v) is 10.4. The predicted octanol–water partition coefficient (Wildman–Crippen LogP) is 7.90. The van der Waals surface area contributed by atoms with Crippen LogP contribution in [0.3, 0.4) is 0 Å². The monoisotopic (exact) mass is 368 g/mol. The minimum absolute atomic E-state index is 0.775. The Kier molecular flexibility index (Phi) is 6.87. The molecule has 3 rings (SSSR count). The van der Waals surface area contributed by atoms with Gasteiger partial charge in [0.05, 0.1) is 0 Å². The molecule has 3 aromatic carbocycles. The predicted molar refractivity (Wildman–Crippen MR) is 124 cm³/mol. The second kappa shape index (κ2) is 9.55. The molecule has 0 amide bonds. The molecule has 28 heavy (non-hydrogen) atoms. The zero-order chi connectivity index (χ0) is 19.9. The maximum atomic E-state index is 4.38. The SMILES string of the molecule is C=C(Cc1ccc(-c2ccccc2)cc1)c1ccc(C)c(CCCC(C)C)c1. The highest BCUT2D eigenvalue weighted by Gasteiger charge is 2.06. The van der Waals surface area contributed by atoms with Crippen LogP contribution in [0.2, 0.25) is 0 Å². The van der Waals surface area contributed by atoms with Gasteiger partial charge in [0.1, 0.15) is 0 Å². The van der Waals surface area contributed by atoms with Gasteiger partial charge in [0.2, 0.25) is 0 Å². The molecule has 0 aromatic heterocycles. The summed E-state index contributed by atoms with van der Waals surface area (Å²) in [7, 11) is 0. The molecule has 0 spiro atoms. The van der Waals surface area contributed by atoms with E-state index in [9.17, 15) is 0 Å². The van der Waals surface area contributed by atoms with Crippen LogP contribution in [-0.4, -0.2) is 0 Å². The smallest absolute Gasteiger partial charge is 0.00257 e. The Morgan fingerprint density at radius 2 is 1.54 bits per heavy atom. The quantitative estimate of drug-likeness (QED) is 0.379. The molecule has 0 unspecified atom stereocenters. The molecule has 0 radical (unpaired) electrons. The van der Waals surface area contributed by atoms with Crippen LogP contribution in [0, 0.1) is 12.8 Å². The molecule has 0 bridgehead atoms. The number of rotatable bonds is 8. The minimum atomic E-state index is 0.775. The van der Waals surface area contributed by atoms with E-state index in [0.29, 0.717) is 0 Å². The summed E-state index contributed by atoms with van der Waals surface area (Å²) in [5.41, 5.74) is 9.17. The lowest BCUT2D eigenvalue weighted by atomic mass is 9.93. The maximum Gasteiger partial charge on any atom is -0.00257 e. The number of hydrogen-bond acceptors (Lipinski definition) is 0. The van der Waals surface area contributed by atoms with Crippen LogP contribution >= 0.6 is 0 Å². The maximum absolute atomic E-state index is 4.38. The second-order valence-corrected chi connectivity index (χ2v) is 8.27. The minimum Gasteiger partial charge on any atom is -0.0949 e. The van der Waals surface area contributed by atoms with E-state index in [1.165, 1.54) is 51.8 Å². The molecule has 3 aromatic rings. The molecule has 0 saturated carbocycles. The van der Waals surface area contributed by atoms with Gasteiger partial charge in [0, 0.05) is 0 Å². The summed E-state index contributed by atoms with van der Waals surface area (Å²) in [5.74, 6) is 0.775. The topological polar surface area (TPSA) is 0 Å². The molecule has 0 heteroatoms. The van der Waals surface area contributed by atoms with Crippen molar-refractivity contribution in [3.05, 3.63) is 102 Å². The van der Waals surface area contributed by atoms with Crippen molar-refractivity contribution in [2.45, 2.75) is 46.5 Å². The first-order chi connectivity index (χ1) is 13.5. The van der Waals surface area contributed by atoms with E-state index in [4.69, 9.17) is 0 Å². The van der Waals surface area contributed by atoms with Crippen molar-refractivity contribution in [1.82, 2.24) is 0 Å². The van der Waals surface area contributed by atoms with E-state index in [2.05, 4.69) is 100 Å². The van der Waals surface area contributed by atoms with E-state index >= 15 is 0 Å². The fourth-order valence-electron chi connectivity index (χ4n) is 3.66. The first kappa shape index (κ1) is 20.1. The van der Waals surface area contributed by atoms with E-state index in [0.717, 1.165) is 18.8 Å². The van der Waals surface area contributed by atoms with Crippen molar-refractivity contribution in [2.75, 3.05) is 0 Å². The van der Waals surface area contributed by atoms with Gasteiger partial charge in [0.15, 0.2) is 0 Å². The molecule has 0 aliphatic heterocycles. The largest absolute Gasteiger partial charge is 0.0949 e. The Morgan fingerprint density at radius 1 is 0.857 bits per heavy atom. The Morgan fingerprint density at radius 3 is 2.21 bits per heavy atom. The highest BCUT2D eigenvalue weighted by atomic mass is 14.1. The molecule has 0 aliphatic rings. The summed E-state index contributed by atoms with van der Waals surface area (Å²) in [6.45, 7) is 11.2. The number of hydrogen-bond donors (Lipinski definition) is 0. The number of allylic oxidation sites excluding steroid dienone is 1. The van der Waals surface area contributed by atoms with E-state index in [-0.39, 0.29) is 0 Å². The standard InChI is InChI=1S/C28H32/c1-21(2)9-8-12-27-20-28(16-13-22(27)3)23(4)19-24-14-17-26(18-15-24)25-10-6-5-7-11-25/h5-7,10-11,13-18,20-21H,4,8-9,12,19H2,1-3H3. The molecule has 0 fully saturated rings. The summed E-state index contributed by atoms with van der Waals surface area (Å²) in [4.78, 5) is 0. The van der Waals surface area contributed by atoms with Gasteiger partial charge >= 0.3 is 0 Å². The Balaban J connectivity index is 1.67. The van der Waals surface area contributed by atoms with Gasteiger partial charge in [-0.2, -0.15) is 0 Å². The van der Waals surface area contributed by atoms with Crippen molar-refractivity contribution in [3.63, 3.8) is 0 Å². The van der Waals surface area contributed by atoms with Crippen molar-refractivity contribution in [1.29, 1.82) is 0 Å². The molecular formula is C28H32. The third-order valence-corrected chi connectivity index (χ3v) is 5.46. The molecule has 0 aliphatic carbocycles. The molecule has 144 valence electrons. The fourth-order valence-corrected chi connectivity index (χ4v) is 3.66. The van der Waals surface area contributed by atoms with Crippen molar-refractivity contribution in [2.24, 2.45) is 5.92 Å². The lowest BCUT2D eigenvalue weighted by Gasteiger charge is -2.12. The van der Waals surface area contributed by atoms with Crippen LogP contribution < -0.4 is 0 Å². The third-order valence-electron chi connectivity index (χ3n) is 5.46. The molecule has 0 saturated heterocycles. The van der Waals surface area contributed by atoms with Crippen LogP contribution in [0.15, 0.2) is 79.4 Å². The summed E-state index contributed by atoms with van der Waals surface area (Å²) in [6.07, 6.45) is 4.61. The van der Waals surface area contributed by atoms with Gasteiger partial charge in [-0.25, -0.2) is 0 Å². The second-order valence-electron chi connectivity index (χ2n) is 8.27. The molecule has 0 atom stereocenters. The van der Waals surface area contributed by atoms with E-state index in [1.54, 1.807) is 0 Å².